The van der Waals surface area contributed by atoms with Crippen LogP contribution in [0.1, 0.15) is 13.8 Å². The molecule has 2 N–H and O–H groups in total. The first kappa shape index (κ1) is 13.7. The molecular formula is C11H19N3O3. The number of nitrogens with two attached hydrogens (primary N) is 1. The van der Waals surface area contributed by atoms with Crippen molar-refractivity contribution in [1.29, 1.82) is 0 Å². The summed E-state index contributed by atoms with van der Waals surface area (Å²) in [5.74, 6) is 0.439. The highest BCUT2D eigenvalue weighted by Crippen LogP contribution is 2.04. The molecule has 1 rings (SSSR count). The molecule has 0 aromatic carbocycles. The summed E-state index contributed by atoms with van der Waals surface area (Å²) in [4.78, 5) is 11.7. The van der Waals surface area contributed by atoms with Crippen LogP contribution in [0.4, 0.5) is 0 Å². The standard InChI is InChI=1S/C11H19N3O3/c1-8(12)7-17-10-4-11(15)14(13-5-10)6-9(2)16-3/h4-5,8-9H,6-7,12H2,1-3H3. The summed E-state index contributed by atoms with van der Waals surface area (Å²) in [5.41, 5.74) is 5.33. The molecule has 1 heterocycles. The maximum Gasteiger partial charge on any atom is 0.270 e. The Bertz CT molecular complexity index is 403. The molecule has 1 aromatic heterocycles. The van der Waals surface area contributed by atoms with Crippen molar-refractivity contribution in [3.8, 4) is 5.75 Å². The van der Waals surface area contributed by atoms with Gasteiger partial charge < -0.3 is 15.2 Å². The van der Waals surface area contributed by atoms with Crippen molar-refractivity contribution in [1.82, 2.24) is 9.78 Å². The van der Waals surface area contributed by atoms with Crippen molar-refractivity contribution in [2.24, 2.45) is 5.73 Å². The number of ether oxygens (including phenoxy) is 2. The Morgan fingerprint density at radius 1 is 1.53 bits per heavy atom. The van der Waals surface area contributed by atoms with Crippen molar-refractivity contribution in [3.63, 3.8) is 0 Å². The van der Waals surface area contributed by atoms with Gasteiger partial charge in [-0.15, -0.1) is 0 Å². The van der Waals surface area contributed by atoms with Crippen molar-refractivity contribution in [2.45, 2.75) is 32.5 Å². The first-order valence-corrected chi connectivity index (χ1v) is 5.51. The van der Waals surface area contributed by atoms with Crippen molar-refractivity contribution in [2.75, 3.05) is 13.7 Å². The highest BCUT2D eigenvalue weighted by atomic mass is 16.5. The van der Waals surface area contributed by atoms with Gasteiger partial charge in [0, 0.05) is 19.2 Å². The molecule has 0 aliphatic carbocycles. The van der Waals surface area contributed by atoms with Crippen LogP contribution in [0.5, 0.6) is 5.75 Å². The number of methoxy groups -OCH3 is 1. The molecule has 0 fully saturated rings. The summed E-state index contributed by atoms with van der Waals surface area (Å²) < 4.78 is 11.7. The van der Waals surface area contributed by atoms with Gasteiger partial charge in [-0.1, -0.05) is 0 Å². The van der Waals surface area contributed by atoms with Gasteiger partial charge in [0.2, 0.25) is 0 Å². The SMILES string of the molecule is COC(C)Cn1ncc(OCC(C)N)cc1=O. The van der Waals surface area contributed by atoms with E-state index in [9.17, 15) is 4.79 Å². The lowest BCUT2D eigenvalue weighted by molar-refractivity contribution is 0.0982. The smallest absolute Gasteiger partial charge is 0.270 e. The third kappa shape index (κ3) is 4.54. The largest absolute Gasteiger partial charge is 0.490 e. The van der Waals surface area contributed by atoms with E-state index in [0.29, 0.717) is 18.9 Å². The minimum absolute atomic E-state index is 0.0592. The second-order valence-corrected chi connectivity index (χ2v) is 4.05. The molecule has 0 saturated carbocycles. The fourth-order valence-electron chi connectivity index (χ4n) is 1.18. The van der Waals surface area contributed by atoms with Gasteiger partial charge >= 0.3 is 0 Å². The molecule has 2 unspecified atom stereocenters. The topological polar surface area (TPSA) is 79.4 Å². The van der Waals surface area contributed by atoms with Crippen LogP contribution in [-0.2, 0) is 11.3 Å². The molecule has 0 aliphatic heterocycles. The highest BCUT2D eigenvalue weighted by molar-refractivity contribution is 5.13. The Kier molecular flexibility index (Phi) is 5.11. The zero-order chi connectivity index (χ0) is 12.8. The molecule has 2 atom stereocenters. The number of aromatic nitrogens is 2. The van der Waals surface area contributed by atoms with Crippen molar-refractivity contribution in [3.05, 3.63) is 22.6 Å². The van der Waals surface area contributed by atoms with E-state index in [0.717, 1.165) is 0 Å². The molecule has 17 heavy (non-hydrogen) atoms. The van der Waals surface area contributed by atoms with Gasteiger partial charge in [-0.05, 0) is 13.8 Å². The lowest BCUT2D eigenvalue weighted by Crippen LogP contribution is -2.28. The van der Waals surface area contributed by atoms with Crippen LogP contribution in [-0.4, -0.2) is 35.6 Å². The van der Waals surface area contributed by atoms with E-state index in [1.165, 1.54) is 16.9 Å². The minimum atomic E-state index is -0.212. The Morgan fingerprint density at radius 2 is 2.24 bits per heavy atom. The van der Waals surface area contributed by atoms with Gasteiger partial charge in [0.05, 0.1) is 18.8 Å². The molecule has 0 bridgehead atoms. The number of rotatable bonds is 6. The highest BCUT2D eigenvalue weighted by Gasteiger charge is 2.06. The lowest BCUT2D eigenvalue weighted by Gasteiger charge is -2.12. The molecule has 0 saturated heterocycles. The van der Waals surface area contributed by atoms with Crippen LogP contribution in [0.2, 0.25) is 0 Å². The van der Waals surface area contributed by atoms with Gasteiger partial charge in [0.1, 0.15) is 12.4 Å². The average Bonchev–Trinajstić information content (AvgIpc) is 2.29. The van der Waals surface area contributed by atoms with Crippen molar-refractivity contribution < 1.29 is 9.47 Å². The van der Waals surface area contributed by atoms with Crippen molar-refractivity contribution >= 4 is 0 Å². The minimum Gasteiger partial charge on any atom is -0.490 e. The molecule has 0 radical (unpaired) electrons. The molecule has 96 valence electrons. The molecule has 0 amide bonds. The predicted molar refractivity (Wildman–Crippen MR) is 64.1 cm³/mol. The van der Waals surface area contributed by atoms with Gasteiger partial charge in [-0.3, -0.25) is 4.79 Å². The zero-order valence-electron chi connectivity index (χ0n) is 10.4. The summed E-state index contributed by atoms with van der Waals surface area (Å²) in [6, 6.07) is 1.32. The Labute approximate surface area is 100 Å². The third-order valence-electron chi connectivity index (χ3n) is 2.19. The third-order valence-corrected chi connectivity index (χ3v) is 2.19. The fraction of sp³-hybridized carbons (Fsp3) is 0.636. The Balaban J connectivity index is 2.69. The van der Waals surface area contributed by atoms with Crippen LogP contribution in [0.15, 0.2) is 17.1 Å². The van der Waals surface area contributed by atoms with E-state index in [2.05, 4.69) is 5.10 Å². The second-order valence-electron chi connectivity index (χ2n) is 4.05. The van der Waals surface area contributed by atoms with Gasteiger partial charge in [-0.25, -0.2) is 4.68 Å². The number of nitrogens with zero attached hydrogens (tertiary/aromatic N) is 2. The monoisotopic (exact) mass is 241 g/mol. The van der Waals surface area contributed by atoms with E-state index < -0.39 is 0 Å². The number of hydrogen-bond acceptors (Lipinski definition) is 5. The predicted octanol–water partition coefficient (Wildman–Crippen LogP) is 0.00420. The van der Waals surface area contributed by atoms with Crippen LogP contribution in [0.3, 0.4) is 0 Å². The van der Waals surface area contributed by atoms with Crippen LogP contribution in [0, 0.1) is 0 Å². The van der Waals surface area contributed by atoms with Gasteiger partial charge in [0.15, 0.2) is 0 Å². The van der Waals surface area contributed by atoms with Crippen LogP contribution >= 0.6 is 0 Å². The van der Waals surface area contributed by atoms with Crippen LogP contribution < -0.4 is 16.0 Å². The first-order valence-electron chi connectivity index (χ1n) is 5.51. The van der Waals surface area contributed by atoms with Gasteiger partial charge in [-0.2, -0.15) is 5.10 Å². The maximum absolute atomic E-state index is 11.7. The summed E-state index contributed by atoms with van der Waals surface area (Å²) >= 11 is 0. The van der Waals surface area contributed by atoms with E-state index in [-0.39, 0.29) is 17.7 Å². The van der Waals surface area contributed by atoms with Gasteiger partial charge in [0.25, 0.3) is 5.56 Å². The Morgan fingerprint density at radius 3 is 2.76 bits per heavy atom. The molecule has 1 aromatic rings. The van der Waals surface area contributed by atoms with E-state index in [4.69, 9.17) is 15.2 Å². The fourth-order valence-corrected chi connectivity index (χ4v) is 1.18. The summed E-state index contributed by atoms with van der Waals surface area (Å²) in [5, 5.41) is 4.00. The maximum atomic E-state index is 11.7. The molecule has 0 spiro atoms. The molecule has 6 heteroatoms. The Hall–Kier alpha value is -1.40. The van der Waals surface area contributed by atoms with E-state index in [1.807, 2.05) is 13.8 Å². The van der Waals surface area contributed by atoms with Crippen LogP contribution in [0.25, 0.3) is 0 Å². The summed E-state index contributed by atoms with van der Waals surface area (Å²) in [6.07, 6.45) is 1.45. The lowest BCUT2D eigenvalue weighted by atomic mass is 10.4. The second kappa shape index (κ2) is 6.36. The number of hydrogen-bond donors (Lipinski definition) is 1. The van der Waals surface area contributed by atoms with E-state index in [1.54, 1.807) is 7.11 Å². The zero-order valence-corrected chi connectivity index (χ0v) is 10.4. The average molecular weight is 241 g/mol. The normalized spacial score (nSPS) is 14.4. The summed E-state index contributed by atoms with van der Waals surface area (Å²) in [7, 11) is 1.59. The van der Waals surface area contributed by atoms with E-state index >= 15 is 0 Å². The molecule has 0 aliphatic rings. The quantitative estimate of drug-likeness (QED) is 0.758. The summed E-state index contributed by atoms with van der Waals surface area (Å²) in [6.45, 7) is 4.48. The molecule has 6 nitrogen and oxygen atoms in total. The first-order chi connectivity index (χ1) is 8.02. The molecular weight excluding hydrogens is 222 g/mol.